The van der Waals surface area contributed by atoms with E-state index in [2.05, 4.69) is 0 Å². The van der Waals surface area contributed by atoms with Crippen molar-refractivity contribution in [1.82, 2.24) is 4.90 Å². The summed E-state index contributed by atoms with van der Waals surface area (Å²) in [6.45, 7) is 1.57. The van der Waals surface area contributed by atoms with Crippen molar-refractivity contribution in [3.63, 3.8) is 0 Å². The van der Waals surface area contributed by atoms with Crippen LogP contribution in [0.5, 0.6) is 0 Å². The lowest BCUT2D eigenvalue weighted by Gasteiger charge is -2.53. The third kappa shape index (κ3) is 1.69. The molecule has 2 bridgehead atoms. The van der Waals surface area contributed by atoms with Gasteiger partial charge in [-0.2, -0.15) is 0 Å². The van der Waals surface area contributed by atoms with Gasteiger partial charge >= 0.3 is 0 Å². The van der Waals surface area contributed by atoms with Gasteiger partial charge in [-0.05, 0) is 38.5 Å². The number of nitrogens with zero attached hydrogens (tertiary/aromatic N) is 1. The van der Waals surface area contributed by atoms with Crippen molar-refractivity contribution in [2.75, 3.05) is 20.2 Å². The van der Waals surface area contributed by atoms with Crippen LogP contribution >= 0.6 is 0 Å². The summed E-state index contributed by atoms with van der Waals surface area (Å²) in [6, 6.07) is 0. The molecule has 3 aliphatic carbocycles. The van der Waals surface area contributed by atoms with Crippen LogP contribution in [0.25, 0.3) is 0 Å². The van der Waals surface area contributed by atoms with Gasteiger partial charge in [-0.15, -0.1) is 0 Å². The molecule has 4 fully saturated rings. The van der Waals surface area contributed by atoms with E-state index in [9.17, 15) is 4.79 Å². The van der Waals surface area contributed by atoms with Gasteiger partial charge in [0.1, 0.15) is 0 Å². The largest absolute Gasteiger partial charge is 0.378 e. The number of hydrogen-bond acceptors (Lipinski definition) is 3. The van der Waals surface area contributed by atoms with Gasteiger partial charge in [-0.3, -0.25) is 4.79 Å². The predicted octanol–water partition coefficient (Wildman–Crippen LogP) is 0.895. The van der Waals surface area contributed by atoms with E-state index in [4.69, 9.17) is 10.5 Å². The molecule has 4 heteroatoms. The number of ether oxygens (including phenoxy) is 1. The molecule has 0 unspecified atom stereocenters. The zero-order valence-electron chi connectivity index (χ0n) is 10.6. The van der Waals surface area contributed by atoms with Gasteiger partial charge in [-0.25, -0.2) is 0 Å². The number of carbonyl (C=O) groups is 1. The van der Waals surface area contributed by atoms with E-state index in [-0.39, 0.29) is 17.1 Å². The summed E-state index contributed by atoms with van der Waals surface area (Å²) in [4.78, 5) is 14.5. The summed E-state index contributed by atoms with van der Waals surface area (Å²) in [5, 5.41) is 0. The highest BCUT2D eigenvalue weighted by molar-refractivity contribution is 5.84. The van der Waals surface area contributed by atoms with Crippen LogP contribution in [-0.2, 0) is 9.53 Å². The highest BCUT2D eigenvalue weighted by Crippen LogP contribution is 2.52. The van der Waals surface area contributed by atoms with Gasteiger partial charge in [0.05, 0.1) is 6.10 Å². The first kappa shape index (κ1) is 11.5. The first-order chi connectivity index (χ1) is 8.07. The van der Waals surface area contributed by atoms with Crippen LogP contribution in [0.1, 0.15) is 38.5 Å². The zero-order valence-corrected chi connectivity index (χ0v) is 10.6. The van der Waals surface area contributed by atoms with Gasteiger partial charge in [0.15, 0.2) is 0 Å². The SMILES string of the molecule is COC1CN(C(=O)C23CCC(N)(CC2)CC3)C1. The summed E-state index contributed by atoms with van der Waals surface area (Å²) in [5.41, 5.74) is 6.25. The number of rotatable bonds is 2. The van der Waals surface area contributed by atoms with Crippen LogP contribution in [0.15, 0.2) is 0 Å². The standard InChI is InChI=1S/C13H22N2O2/c1-17-10-8-15(9-10)11(16)12-2-5-13(14,6-3-12)7-4-12/h10H,2-9,14H2,1H3. The van der Waals surface area contributed by atoms with E-state index in [1.54, 1.807) is 7.11 Å². The van der Waals surface area contributed by atoms with Crippen LogP contribution in [0, 0.1) is 5.41 Å². The van der Waals surface area contributed by atoms with Crippen molar-refractivity contribution in [3.8, 4) is 0 Å². The summed E-state index contributed by atoms with van der Waals surface area (Å²) in [7, 11) is 1.72. The fraction of sp³-hybridized carbons (Fsp3) is 0.923. The molecule has 4 nitrogen and oxygen atoms in total. The number of amides is 1. The van der Waals surface area contributed by atoms with E-state index < -0.39 is 0 Å². The molecule has 96 valence electrons. The minimum Gasteiger partial charge on any atom is -0.378 e. The molecule has 1 amide bonds. The number of methoxy groups -OCH3 is 1. The Kier molecular flexibility index (Phi) is 2.49. The second kappa shape index (κ2) is 3.69. The maximum Gasteiger partial charge on any atom is 0.228 e. The van der Waals surface area contributed by atoms with E-state index >= 15 is 0 Å². The average Bonchev–Trinajstić information content (AvgIpc) is 2.29. The van der Waals surface area contributed by atoms with Crippen LogP contribution in [0.4, 0.5) is 0 Å². The number of nitrogens with two attached hydrogens (primary N) is 1. The zero-order chi connectivity index (χ0) is 12.1. The summed E-state index contributed by atoms with van der Waals surface area (Å²) in [5.74, 6) is 0.368. The Morgan fingerprint density at radius 2 is 1.71 bits per heavy atom. The molecule has 0 aromatic rings. The van der Waals surface area contributed by atoms with Gasteiger partial charge in [0.25, 0.3) is 0 Å². The molecule has 17 heavy (non-hydrogen) atoms. The molecule has 4 rings (SSSR count). The number of fused-ring (bicyclic) bond motifs is 3. The maximum absolute atomic E-state index is 12.6. The van der Waals surface area contributed by atoms with Crippen LogP contribution in [0.3, 0.4) is 0 Å². The topological polar surface area (TPSA) is 55.6 Å². The Balaban J connectivity index is 1.66. The fourth-order valence-corrected chi connectivity index (χ4v) is 3.62. The quantitative estimate of drug-likeness (QED) is 0.777. The molecular weight excluding hydrogens is 216 g/mol. The first-order valence-corrected chi connectivity index (χ1v) is 6.68. The first-order valence-electron chi connectivity index (χ1n) is 6.68. The smallest absolute Gasteiger partial charge is 0.228 e. The molecule has 0 spiro atoms. The van der Waals surface area contributed by atoms with E-state index in [1.165, 1.54) is 0 Å². The fourth-order valence-electron chi connectivity index (χ4n) is 3.62. The van der Waals surface area contributed by atoms with E-state index in [0.717, 1.165) is 51.6 Å². The van der Waals surface area contributed by atoms with Crippen LogP contribution < -0.4 is 5.73 Å². The van der Waals surface area contributed by atoms with Gasteiger partial charge < -0.3 is 15.4 Å². The number of likely N-dealkylation sites (tertiary alicyclic amines) is 1. The summed E-state index contributed by atoms with van der Waals surface area (Å²) < 4.78 is 5.23. The Labute approximate surface area is 102 Å². The highest BCUT2D eigenvalue weighted by Gasteiger charge is 2.53. The Hall–Kier alpha value is -0.610. The predicted molar refractivity (Wildman–Crippen MR) is 64.4 cm³/mol. The molecule has 0 aromatic heterocycles. The highest BCUT2D eigenvalue weighted by atomic mass is 16.5. The molecule has 2 N–H and O–H groups in total. The Morgan fingerprint density at radius 3 is 2.18 bits per heavy atom. The van der Waals surface area contributed by atoms with Crippen molar-refractivity contribution >= 4 is 5.91 Å². The lowest BCUT2D eigenvalue weighted by atomic mass is 9.57. The van der Waals surface area contributed by atoms with E-state index in [0.29, 0.717) is 5.91 Å². The molecule has 3 saturated carbocycles. The van der Waals surface area contributed by atoms with Crippen molar-refractivity contribution in [1.29, 1.82) is 0 Å². The summed E-state index contributed by atoms with van der Waals surface area (Å²) >= 11 is 0. The molecule has 4 aliphatic rings. The van der Waals surface area contributed by atoms with Crippen molar-refractivity contribution < 1.29 is 9.53 Å². The minimum absolute atomic E-state index is 0.0477. The number of hydrogen-bond donors (Lipinski definition) is 1. The Bertz CT molecular complexity index is 312. The monoisotopic (exact) mass is 238 g/mol. The lowest BCUT2D eigenvalue weighted by molar-refractivity contribution is -0.160. The van der Waals surface area contributed by atoms with Gasteiger partial charge in [0, 0.05) is 31.2 Å². The summed E-state index contributed by atoms with van der Waals surface area (Å²) in [6.07, 6.45) is 6.33. The number of carbonyl (C=O) groups excluding carboxylic acids is 1. The van der Waals surface area contributed by atoms with E-state index in [1.807, 2.05) is 4.90 Å². The molecule has 1 saturated heterocycles. The van der Waals surface area contributed by atoms with Crippen molar-refractivity contribution in [2.45, 2.75) is 50.2 Å². The second-order valence-electron chi connectivity index (χ2n) is 6.21. The van der Waals surface area contributed by atoms with Crippen LogP contribution in [0.2, 0.25) is 0 Å². The third-order valence-electron chi connectivity index (χ3n) is 5.23. The normalized spacial score (nSPS) is 41.4. The third-order valence-corrected chi connectivity index (χ3v) is 5.23. The average molecular weight is 238 g/mol. The lowest BCUT2D eigenvalue weighted by Crippen LogP contribution is -2.62. The Morgan fingerprint density at radius 1 is 1.18 bits per heavy atom. The van der Waals surface area contributed by atoms with Gasteiger partial charge in [-0.1, -0.05) is 0 Å². The molecule has 0 atom stereocenters. The van der Waals surface area contributed by atoms with Crippen molar-refractivity contribution in [3.05, 3.63) is 0 Å². The molecule has 0 radical (unpaired) electrons. The molecule has 1 aliphatic heterocycles. The molecule has 0 aromatic carbocycles. The second-order valence-corrected chi connectivity index (χ2v) is 6.21. The molecule has 1 heterocycles. The van der Waals surface area contributed by atoms with Crippen LogP contribution in [-0.4, -0.2) is 42.6 Å². The maximum atomic E-state index is 12.6. The van der Waals surface area contributed by atoms with Gasteiger partial charge in [0.2, 0.25) is 5.91 Å². The van der Waals surface area contributed by atoms with Crippen molar-refractivity contribution in [2.24, 2.45) is 11.1 Å². The molecular formula is C13H22N2O2. The minimum atomic E-state index is -0.0696.